The van der Waals surface area contributed by atoms with Gasteiger partial charge in [0.15, 0.2) is 12.4 Å². The molecule has 0 aromatic carbocycles. The van der Waals surface area contributed by atoms with Crippen LogP contribution in [-0.2, 0) is 33.3 Å². The summed E-state index contributed by atoms with van der Waals surface area (Å²) in [6.07, 6.45) is 91.3. The number of likely N-dealkylation sites (N-methyl/N-ethyl adjacent to an activating group) is 1. The molecule has 0 radical (unpaired) electrons. The normalized spacial score (nSPS) is 12.8. The average molecular weight is 1280 g/mol. The highest BCUT2D eigenvalue weighted by Crippen LogP contribution is 2.20. The molecule has 2 unspecified atom stereocenters. The summed E-state index contributed by atoms with van der Waals surface area (Å²) in [5, 5.41) is 11.9. The SMILES string of the molecule is CCCCCCC/C=C\C/C=C\CCCCCCCCCCCCCCCCCCCC(=O)OC(COC(=O)CCCCCCCCCCCCCCCCCCCCCCCCCCC/C=C\CCCCCCCCCC)COC(OCC[N+](C)(C)C)C(=O)[O-]. The standard InChI is InChI=1S/C82H155NO8/c1-6-8-10-12-14-16-18-20-22-24-26-28-30-32-34-36-37-38-39-40-41-42-43-45-46-48-50-52-54-56-58-60-62-64-66-68-70-72-79(84)89-76-78(77-90-82(81(86)87)88-75-74-83(3,4)5)91-80(85)73-71-69-67-65-63-61-59-57-55-53-51-49-47-44-35-33-31-29-27-25-23-21-19-17-15-13-11-9-7-2/h19,21,24-27,78,82H,6-18,20,22-23,28-77H2,1-5H3/b21-19-,26-24-,27-25-. The fraction of sp³-hybridized carbons (Fsp3) is 0.890. The third-order valence-corrected chi connectivity index (χ3v) is 18.4. The van der Waals surface area contributed by atoms with Crippen LogP contribution in [-0.4, -0.2) is 82.3 Å². The molecule has 0 fully saturated rings. The van der Waals surface area contributed by atoms with Gasteiger partial charge in [-0.3, -0.25) is 9.59 Å². The number of aliphatic carboxylic acids is 1. The number of carboxylic acids is 1. The Labute approximate surface area is 566 Å². The van der Waals surface area contributed by atoms with Gasteiger partial charge in [-0.2, -0.15) is 0 Å². The molecule has 0 spiro atoms. The molecule has 0 amide bonds. The van der Waals surface area contributed by atoms with Crippen molar-refractivity contribution in [2.45, 2.75) is 424 Å². The van der Waals surface area contributed by atoms with Crippen molar-refractivity contribution >= 4 is 17.9 Å². The van der Waals surface area contributed by atoms with E-state index in [9.17, 15) is 19.5 Å². The van der Waals surface area contributed by atoms with Crippen LogP contribution in [0.1, 0.15) is 412 Å². The number of unbranched alkanes of at least 4 members (excludes halogenated alkanes) is 55. The lowest BCUT2D eigenvalue weighted by atomic mass is 10.0. The van der Waals surface area contributed by atoms with Gasteiger partial charge in [0.25, 0.3) is 0 Å². The van der Waals surface area contributed by atoms with Gasteiger partial charge in [-0.05, 0) is 70.6 Å². The lowest BCUT2D eigenvalue weighted by molar-refractivity contribution is -0.870. The van der Waals surface area contributed by atoms with Crippen LogP contribution < -0.4 is 5.11 Å². The number of carbonyl (C=O) groups excluding carboxylic acids is 3. The molecule has 2 atom stereocenters. The Morgan fingerprint density at radius 1 is 0.330 bits per heavy atom. The Morgan fingerprint density at radius 3 is 0.879 bits per heavy atom. The van der Waals surface area contributed by atoms with Crippen molar-refractivity contribution in [3.63, 3.8) is 0 Å². The van der Waals surface area contributed by atoms with Gasteiger partial charge >= 0.3 is 11.9 Å². The zero-order valence-corrected chi connectivity index (χ0v) is 61.5. The summed E-state index contributed by atoms with van der Waals surface area (Å²) in [5.74, 6) is -2.25. The molecule has 0 saturated heterocycles. The summed E-state index contributed by atoms with van der Waals surface area (Å²) in [6, 6.07) is 0. The molecule has 0 N–H and O–H groups in total. The average Bonchev–Trinajstić information content (AvgIpc) is 3.66. The predicted molar refractivity (Wildman–Crippen MR) is 389 cm³/mol. The summed E-state index contributed by atoms with van der Waals surface area (Å²) in [6.45, 7) is 4.82. The van der Waals surface area contributed by atoms with Crippen molar-refractivity contribution in [3.8, 4) is 0 Å². The van der Waals surface area contributed by atoms with E-state index in [0.717, 1.165) is 44.9 Å². The zero-order valence-electron chi connectivity index (χ0n) is 61.5. The number of esters is 2. The van der Waals surface area contributed by atoms with Crippen molar-refractivity contribution < 1.29 is 42.9 Å². The molecule has 0 aliphatic heterocycles. The minimum absolute atomic E-state index is 0.151. The van der Waals surface area contributed by atoms with Gasteiger partial charge in [0.2, 0.25) is 0 Å². The third-order valence-electron chi connectivity index (χ3n) is 18.4. The number of hydrogen-bond acceptors (Lipinski definition) is 8. The highest BCUT2D eigenvalue weighted by Gasteiger charge is 2.22. The fourth-order valence-corrected chi connectivity index (χ4v) is 12.2. The van der Waals surface area contributed by atoms with E-state index in [1.165, 1.54) is 340 Å². The van der Waals surface area contributed by atoms with Crippen molar-refractivity contribution in [2.75, 3.05) is 47.5 Å². The first kappa shape index (κ1) is 88.5. The van der Waals surface area contributed by atoms with Gasteiger partial charge in [0.1, 0.15) is 13.2 Å². The maximum Gasteiger partial charge on any atom is 0.306 e. The highest BCUT2D eigenvalue weighted by atomic mass is 16.7. The number of quaternary nitrogens is 1. The third kappa shape index (κ3) is 74.8. The molecule has 0 aliphatic rings. The Hall–Kier alpha value is -2.49. The zero-order chi connectivity index (χ0) is 66.1. The summed E-state index contributed by atoms with van der Waals surface area (Å²) < 4.78 is 22.9. The molecule has 0 bridgehead atoms. The number of rotatable bonds is 76. The van der Waals surface area contributed by atoms with Gasteiger partial charge in [0, 0.05) is 12.8 Å². The lowest BCUT2D eigenvalue weighted by Gasteiger charge is -2.26. The van der Waals surface area contributed by atoms with E-state index in [4.69, 9.17) is 18.9 Å². The molecule has 0 rings (SSSR count). The highest BCUT2D eigenvalue weighted by molar-refractivity contribution is 5.70. The molecular weight excluding hydrogens is 1130 g/mol. The monoisotopic (exact) mass is 1280 g/mol. The van der Waals surface area contributed by atoms with Gasteiger partial charge in [-0.1, -0.05) is 365 Å². The number of hydrogen-bond donors (Lipinski definition) is 0. The predicted octanol–water partition coefficient (Wildman–Crippen LogP) is 24.2. The molecule has 536 valence electrons. The second-order valence-corrected chi connectivity index (χ2v) is 28.7. The topological polar surface area (TPSA) is 111 Å². The van der Waals surface area contributed by atoms with Crippen LogP contribution in [0.25, 0.3) is 0 Å². The van der Waals surface area contributed by atoms with E-state index in [1.807, 2.05) is 21.1 Å². The Balaban J connectivity index is 3.96. The van der Waals surface area contributed by atoms with Crippen molar-refractivity contribution in [1.29, 1.82) is 0 Å². The van der Waals surface area contributed by atoms with Gasteiger partial charge in [-0.25, -0.2) is 0 Å². The van der Waals surface area contributed by atoms with Crippen molar-refractivity contribution in [3.05, 3.63) is 36.5 Å². The van der Waals surface area contributed by atoms with Crippen LogP contribution in [0.2, 0.25) is 0 Å². The largest absolute Gasteiger partial charge is 0.545 e. The molecule has 0 saturated carbocycles. The first-order valence-electron chi connectivity index (χ1n) is 40.1. The van der Waals surface area contributed by atoms with E-state index < -0.39 is 24.3 Å². The number of carbonyl (C=O) groups is 3. The van der Waals surface area contributed by atoms with Crippen molar-refractivity contribution in [2.24, 2.45) is 0 Å². The van der Waals surface area contributed by atoms with Gasteiger partial charge in [-0.15, -0.1) is 0 Å². The number of allylic oxidation sites excluding steroid dienone is 6. The second kappa shape index (κ2) is 73.3. The van der Waals surface area contributed by atoms with Crippen LogP contribution in [0.5, 0.6) is 0 Å². The summed E-state index contributed by atoms with van der Waals surface area (Å²) >= 11 is 0. The smallest absolute Gasteiger partial charge is 0.306 e. The minimum Gasteiger partial charge on any atom is -0.545 e. The van der Waals surface area contributed by atoms with Crippen LogP contribution in [0.3, 0.4) is 0 Å². The summed E-state index contributed by atoms with van der Waals surface area (Å²) in [4.78, 5) is 37.6. The van der Waals surface area contributed by atoms with Crippen molar-refractivity contribution in [1.82, 2.24) is 0 Å². The van der Waals surface area contributed by atoms with Crippen LogP contribution in [0.4, 0.5) is 0 Å². The Bertz CT molecular complexity index is 1590. The van der Waals surface area contributed by atoms with E-state index in [1.54, 1.807) is 0 Å². The van der Waals surface area contributed by atoms with E-state index in [0.29, 0.717) is 17.4 Å². The molecule has 0 aliphatic carbocycles. The van der Waals surface area contributed by atoms with Gasteiger partial charge in [0.05, 0.1) is 40.3 Å². The quantitative estimate of drug-likeness (QED) is 0.0195. The van der Waals surface area contributed by atoms with Crippen LogP contribution >= 0.6 is 0 Å². The Kier molecular flexibility index (Phi) is 71.3. The Morgan fingerprint density at radius 2 is 0.593 bits per heavy atom. The maximum absolute atomic E-state index is 13.0. The molecule has 9 nitrogen and oxygen atoms in total. The molecule has 0 heterocycles. The number of nitrogens with zero attached hydrogens (tertiary/aromatic N) is 1. The molecule has 9 heteroatoms. The molecule has 0 aromatic rings. The molecule has 0 aromatic heterocycles. The number of carboxylic acid groups (broad SMARTS) is 1. The maximum atomic E-state index is 13.0. The minimum atomic E-state index is -1.62. The summed E-state index contributed by atoms with van der Waals surface area (Å²) in [5.41, 5.74) is 0. The first-order valence-corrected chi connectivity index (χ1v) is 40.1. The van der Waals surface area contributed by atoms with Crippen LogP contribution in [0.15, 0.2) is 36.5 Å². The van der Waals surface area contributed by atoms with Gasteiger partial charge < -0.3 is 33.3 Å². The summed E-state index contributed by atoms with van der Waals surface area (Å²) in [7, 11) is 5.95. The first-order chi connectivity index (χ1) is 44.6. The van der Waals surface area contributed by atoms with Crippen LogP contribution in [0, 0.1) is 0 Å². The molecular formula is C82H155NO8. The molecule has 91 heavy (non-hydrogen) atoms. The lowest BCUT2D eigenvalue weighted by Crippen LogP contribution is -2.44. The van der Waals surface area contributed by atoms with E-state index in [2.05, 4.69) is 50.3 Å². The van der Waals surface area contributed by atoms with E-state index >= 15 is 0 Å². The number of ether oxygens (including phenoxy) is 4. The van der Waals surface area contributed by atoms with E-state index in [-0.39, 0.29) is 32.2 Å². The second-order valence-electron chi connectivity index (χ2n) is 28.7. The fourth-order valence-electron chi connectivity index (χ4n) is 12.2.